The summed E-state index contributed by atoms with van der Waals surface area (Å²) >= 11 is 5.99. The molecule has 1 saturated heterocycles. The van der Waals surface area contributed by atoms with Crippen molar-refractivity contribution in [1.29, 1.82) is 0 Å². The molecule has 1 aliphatic carbocycles. The molecule has 0 spiro atoms. The molecule has 0 bridgehead atoms. The van der Waals surface area contributed by atoms with Gasteiger partial charge in [0.1, 0.15) is 0 Å². The molecule has 1 aliphatic heterocycles. The van der Waals surface area contributed by atoms with E-state index in [-0.39, 0.29) is 0 Å². The number of halogens is 1. The average molecular weight is 327 g/mol. The Labute approximate surface area is 143 Å². The molecule has 1 fully saturated rings. The lowest BCUT2D eigenvalue weighted by molar-refractivity contribution is 0.170. The van der Waals surface area contributed by atoms with E-state index >= 15 is 0 Å². The van der Waals surface area contributed by atoms with Crippen molar-refractivity contribution in [3.05, 3.63) is 64.7 Å². The lowest BCUT2D eigenvalue weighted by atomic mass is 9.87. The number of fused-ring (bicyclic) bond motifs is 1. The van der Waals surface area contributed by atoms with E-state index in [1.54, 1.807) is 11.1 Å². The Morgan fingerprint density at radius 3 is 2.26 bits per heavy atom. The lowest BCUT2D eigenvalue weighted by Gasteiger charge is -2.42. The molecule has 2 aromatic carbocycles. The van der Waals surface area contributed by atoms with Gasteiger partial charge in [-0.2, -0.15) is 0 Å². The number of rotatable bonds is 2. The predicted molar refractivity (Wildman–Crippen MR) is 97.5 cm³/mol. The van der Waals surface area contributed by atoms with E-state index in [9.17, 15) is 0 Å². The Bertz CT molecular complexity index is 660. The third-order valence-corrected chi connectivity index (χ3v) is 5.60. The number of hydrogen-bond donors (Lipinski definition) is 0. The molecule has 23 heavy (non-hydrogen) atoms. The minimum Gasteiger partial charge on any atom is -0.369 e. The average Bonchev–Trinajstić information content (AvgIpc) is 2.62. The van der Waals surface area contributed by atoms with Crippen LogP contribution in [0.15, 0.2) is 48.5 Å². The molecule has 1 heterocycles. The van der Waals surface area contributed by atoms with Crippen LogP contribution in [0.4, 0.5) is 5.69 Å². The van der Waals surface area contributed by atoms with Crippen LogP contribution in [0.1, 0.15) is 17.5 Å². The molecule has 0 N–H and O–H groups in total. The summed E-state index contributed by atoms with van der Waals surface area (Å²) in [6.45, 7) is 4.55. The molecule has 0 unspecified atom stereocenters. The van der Waals surface area contributed by atoms with Gasteiger partial charge in [0.15, 0.2) is 0 Å². The van der Waals surface area contributed by atoms with E-state index in [0.29, 0.717) is 0 Å². The number of piperazine rings is 1. The van der Waals surface area contributed by atoms with Gasteiger partial charge in [-0.1, -0.05) is 35.9 Å². The van der Waals surface area contributed by atoms with Gasteiger partial charge in [-0.05, 0) is 54.7 Å². The molecule has 0 saturated carbocycles. The van der Waals surface area contributed by atoms with E-state index in [1.165, 1.54) is 24.9 Å². The number of benzene rings is 2. The zero-order valence-electron chi connectivity index (χ0n) is 13.4. The van der Waals surface area contributed by atoms with Crippen molar-refractivity contribution < 1.29 is 0 Å². The zero-order valence-corrected chi connectivity index (χ0v) is 14.2. The first kappa shape index (κ1) is 15.0. The van der Waals surface area contributed by atoms with Crippen LogP contribution in [-0.4, -0.2) is 37.1 Å². The van der Waals surface area contributed by atoms with Crippen molar-refractivity contribution in [3.63, 3.8) is 0 Å². The molecule has 0 aromatic heterocycles. The Balaban J connectivity index is 1.38. The number of hydrogen-bond acceptors (Lipinski definition) is 2. The fraction of sp³-hybridized carbons (Fsp3) is 0.400. The Morgan fingerprint density at radius 1 is 0.826 bits per heavy atom. The number of nitrogens with zero attached hydrogens (tertiary/aromatic N) is 2. The molecule has 120 valence electrons. The van der Waals surface area contributed by atoms with Gasteiger partial charge in [0, 0.05) is 42.9 Å². The highest BCUT2D eigenvalue weighted by Gasteiger charge is 2.27. The lowest BCUT2D eigenvalue weighted by Crippen LogP contribution is -2.51. The first-order chi connectivity index (χ1) is 11.3. The molecule has 2 aliphatic rings. The van der Waals surface area contributed by atoms with Gasteiger partial charge in [0.05, 0.1) is 0 Å². The summed E-state index contributed by atoms with van der Waals surface area (Å²) in [5.41, 5.74) is 4.41. The highest BCUT2D eigenvalue weighted by atomic mass is 35.5. The van der Waals surface area contributed by atoms with E-state index in [0.717, 1.165) is 37.2 Å². The first-order valence-electron chi connectivity index (χ1n) is 8.61. The SMILES string of the molecule is Clc1ccc(N2CCN([C@H]3CCc4ccccc4C3)CC2)cc1. The van der Waals surface area contributed by atoms with Crippen LogP contribution in [0.25, 0.3) is 0 Å². The highest BCUT2D eigenvalue weighted by Crippen LogP contribution is 2.26. The fourth-order valence-corrected chi connectivity index (χ4v) is 4.11. The van der Waals surface area contributed by atoms with Gasteiger partial charge in [-0.25, -0.2) is 0 Å². The summed E-state index contributed by atoms with van der Waals surface area (Å²) in [6, 6.07) is 17.9. The molecular formula is C20H23ClN2. The molecule has 2 nitrogen and oxygen atoms in total. The van der Waals surface area contributed by atoms with Crippen LogP contribution in [-0.2, 0) is 12.8 Å². The van der Waals surface area contributed by atoms with Crippen molar-refractivity contribution >= 4 is 17.3 Å². The smallest absolute Gasteiger partial charge is 0.0407 e. The number of aryl methyl sites for hydroxylation is 1. The van der Waals surface area contributed by atoms with Gasteiger partial charge in [-0.3, -0.25) is 4.90 Å². The molecule has 4 rings (SSSR count). The van der Waals surface area contributed by atoms with Gasteiger partial charge in [-0.15, -0.1) is 0 Å². The van der Waals surface area contributed by atoms with E-state index in [2.05, 4.69) is 46.2 Å². The summed E-state index contributed by atoms with van der Waals surface area (Å²) in [4.78, 5) is 5.17. The monoisotopic (exact) mass is 326 g/mol. The first-order valence-corrected chi connectivity index (χ1v) is 8.99. The standard InChI is InChI=1S/C20H23ClN2/c21-18-6-9-19(10-7-18)22-11-13-23(14-12-22)20-8-5-16-3-1-2-4-17(16)15-20/h1-4,6-7,9-10,20H,5,8,11-15H2/t20-/m0/s1. The van der Waals surface area contributed by atoms with Crippen molar-refractivity contribution in [2.24, 2.45) is 0 Å². The maximum atomic E-state index is 5.99. The van der Waals surface area contributed by atoms with Gasteiger partial charge in [0.2, 0.25) is 0 Å². The summed E-state index contributed by atoms with van der Waals surface area (Å²) in [5, 5.41) is 0.813. The molecule has 2 aromatic rings. The third-order valence-electron chi connectivity index (χ3n) is 5.34. The van der Waals surface area contributed by atoms with Gasteiger partial charge < -0.3 is 4.90 Å². The molecular weight excluding hydrogens is 304 g/mol. The van der Waals surface area contributed by atoms with Crippen LogP contribution >= 0.6 is 11.6 Å². The second-order valence-corrected chi connectivity index (χ2v) is 7.10. The maximum Gasteiger partial charge on any atom is 0.0407 e. The summed E-state index contributed by atoms with van der Waals surface area (Å²) in [7, 11) is 0. The maximum absolute atomic E-state index is 5.99. The normalized spacial score (nSPS) is 22.0. The fourth-order valence-electron chi connectivity index (χ4n) is 3.99. The zero-order chi connectivity index (χ0) is 15.6. The summed E-state index contributed by atoms with van der Waals surface area (Å²) < 4.78 is 0. The summed E-state index contributed by atoms with van der Waals surface area (Å²) in [5.74, 6) is 0. The largest absolute Gasteiger partial charge is 0.369 e. The molecule has 1 atom stereocenters. The second kappa shape index (κ2) is 6.54. The summed E-state index contributed by atoms with van der Waals surface area (Å²) in [6.07, 6.45) is 3.76. The van der Waals surface area contributed by atoms with Crippen LogP contribution in [0, 0.1) is 0 Å². The Hall–Kier alpha value is -1.51. The van der Waals surface area contributed by atoms with Gasteiger partial charge in [0.25, 0.3) is 0 Å². The molecule has 3 heteroatoms. The van der Waals surface area contributed by atoms with Crippen molar-refractivity contribution in [2.45, 2.75) is 25.3 Å². The molecule has 0 amide bonds. The van der Waals surface area contributed by atoms with Crippen molar-refractivity contribution in [1.82, 2.24) is 4.90 Å². The second-order valence-electron chi connectivity index (χ2n) is 6.66. The Morgan fingerprint density at radius 2 is 1.52 bits per heavy atom. The van der Waals surface area contributed by atoms with Crippen molar-refractivity contribution in [2.75, 3.05) is 31.1 Å². The number of anilines is 1. The van der Waals surface area contributed by atoms with Crippen LogP contribution in [0.3, 0.4) is 0 Å². The van der Waals surface area contributed by atoms with E-state index in [4.69, 9.17) is 11.6 Å². The van der Waals surface area contributed by atoms with Crippen LogP contribution < -0.4 is 4.90 Å². The quantitative estimate of drug-likeness (QED) is 0.822. The minimum atomic E-state index is 0.720. The predicted octanol–water partition coefficient (Wildman–Crippen LogP) is 4.02. The highest BCUT2D eigenvalue weighted by molar-refractivity contribution is 6.30. The van der Waals surface area contributed by atoms with E-state index < -0.39 is 0 Å². The van der Waals surface area contributed by atoms with E-state index in [1.807, 2.05) is 12.1 Å². The molecule has 0 radical (unpaired) electrons. The van der Waals surface area contributed by atoms with Crippen LogP contribution in [0.5, 0.6) is 0 Å². The Kier molecular flexibility index (Phi) is 4.28. The minimum absolute atomic E-state index is 0.720. The third kappa shape index (κ3) is 3.24. The van der Waals surface area contributed by atoms with Crippen LogP contribution in [0.2, 0.25) is 5.02 Å². The van der Waals surface area contributed by atoms with Gasteiger partial charge >= 0.3 is 0 Å². The topological polar surface area (TPSA) is 6.48 Å². The van der Waals surface area contributed by atoms with Crippen molar-refractivity contribution in [3.8, 4) is 0 Å².